The summed E-state index contributed by atoms with van der Waals surface area (Å²) >= 11 is 1.21. The Morgan fingerprint density at radius 2 is 2.08 bits per heavy atom. The summed E-state index contributed by atoms with van der Waals surface area (Å²) in [6, 6.07) is 1.71. The number of nitrogens with zero attached hydrogens (tertiary/aromatic N) is 3. The van der Waals surface area contributed by atoms with Crippen LogP contribution in [0.1, 0.15) is 29.2 Å². The summed E-state index contributed by atoms with van der Waals surface area (Å²) in [6.07, 6.45) is -2.76. The first kappa shape index (κ1) is 16.0. The number of thiophene rings is 1. The van der Waals surface area contributed by atoms with E-state index in [2.05, 4.69) is 14.7 Å². The second-order valence-corrected chi connectivity index (χ2v) is 9.16. The average molecular weight is 379 g/mol. The maximum absolute atomic E-state index is 12.5. The molecule has 0 bridgehead atoms. The van der Waals surface area contributed by atoms with Gasteiger partial charge < -0.3 is 4.52 Å². The van der Waals surface area contributed by atoms with Crippen LogP contribution in [0.15, 0.2) is 10.6 Å². The molecule has 0 radical (unpaired) electrons. The van der Waals surface area contributed by atoms with E-state index >= 15 is 0 Å². The van der Waals surface area contributed by atoms with Crippen molar-refractivity contribution >= 4 is 21.4 Å². The molecule has 2 aromatic heterocycles. The number of aromatic nitrogens is 2. The molecule has 2 aromatic rings. The molecule has 0 atom stereocenters. The van der Waals surface area contributed by atoms with E-state index in [9.17, 15) is 21.6 Å². The molecule has 11 heteroatoms. The highest BCUT2D eigenvalue weighted by Gasteiger charge is 2.42. The summed E-state index contributed by atoms with van der Waals surface area (Å²) in [5, 5.41) is 3.10. The summed E-state index contributed by atoms with van der Waals surface area (Å²) < 4.78 is 68.0. The van der Waals surface area contributed by atoms with Crippen molar-refractivity contribution in [3.05, 3.63) is 22.4 Å². The fraction of sp³-hybridized carbons (Fsp3) is 0.538. The van der Waals surface area contributed by atoms with Gasteiger partial charge in [-0.05, 0) is 30.9 Å². The summed E-state index contributed by atoms with van der Waals surface area (Å²) in [6.45, 7) is 0.644. The smallest absolute Gasteiger partial charge is 0.329 e. The zero-order chi connectivity index (χ0) is 17.1. The molecule has 0 amide bonds. The Morgan fingerprint density at radius 1 is 1.33 bits per heavy atom. The minimum Gasteiger partial charge on any atom is -0.329 e. The molecule has 0 aromatic carbocycles. The number of sulfonamides is 1. The van der Waals surface area contributed by atoms with Gasteiger partial charge in [0.1, 0.15) is 0 Å². The molecule has 1 saturated carbocycles. The lowest BCUT2D eigenvalue weighted by Gasteiger charge is -2.25. The van der Waals surface area contributed by atoms with Gasteiger partial charge in [0.2, 0.25) is 15.8 Å². The molecule has 1 fully saturated rings. The maximum Gasteiger partial charge on any atom is 0.471 e. The van der Waals surface area contributed by atoms with Gasteiger partial charge in [-0.3, -0.25) is 0 Å². The molecule has 2 aliphatic rings. The summed E-state index contributed by atoms with van der Waals surface area (Å²) in [5.41, 5.74) is 0.926. The van der Waals surface area contributed by atoms with E-state index in [1.54, 1.807) is 6.07 Å². The van der Waals surface area contributed by atoms with Gasteiger partial charge in [-0.15, -0.1) is 11.3 Å². The molecule has 0 unspecified atom stereocenters. The number of halogens is 3. The van der Waals surface area contributed by atoms with Crippen LogP contribution in [0, 0.1) is 0 Å². The SMILES string of the molecule is O=S(=O)(C1CC1)N1CCc2cc(-c3noc(C(F)(F)F)n3)sc2C1. The predicted octanol–water partition coefficient (Wildman–Crippen LogP) is 2.67. The van der Waals surface area contributed by atoms with Crippen LogP contribution in [0.5, 0.6) is 0 Å². The lowest BCUT2D eigenvalue weighted by Crippen LogP contribution is -2.37. The van der Waals surface area contributed by atoms with Crippen molar-refractivity contribution in [2.75, 3.05) is 6.54 Å². The van der Waals surface area contributed by atoms with Crippen LogP contribution in [0.4, 0.5) is 13.2 Å². The minimum absolute atomic E-state index is 0.127. The maximum atomic E-state index is 12.5. The number of alkyl halides is 3. The molecule has 24 heavy (non-hydrogen) atoms. The zero-order valence-corrected chi connectivity index (χ0v) is 13.8. The topological polar surface area (TPSA) is 76.3 Å². The lowest BCUT2D eigenvalue weighted by atomic mass is 10.1. The number of fused-ring (bicyclic) bond motifs is 1. The van der Waals surface area contributed by atoms with Crippen molar-refractivity contribution in [2.45, 2.75) is 37.2 Å². The first-order valence-electron chi connectivity index (χ1n) is 7.27. The van der Waals surface area contributed by atoms with Crippen molar-refractivity contribution in [1.82, 2.24) is 14.4 Å². The normalized spacial score (nSPS) is 19.5. The quantitative estimate of drug-likeness (QED) is 0.820. The Hall–Kier alpha value is -1.46. The van der Waals surface area contributed by atoms with Crippen LogP contribution < -0.4 is 0 Å². The summed E-state index contributed by atoms with van der Waals surface area (Å²) in [4.78, 5) is 4.64. The van der Waals surface area contributed by atoms with E-state index in [1.165, 1.54) is 15.6 Å². The standard InChI is InChI=1S/C13H12F3N3O3S2/c14-13(15,16)12-17-11(18-22-12)9-5-7-3-4-19(6-10(7)23-9)24(20,21)8-1-2-8/h5,8H,1-4,6H2. The van der Waals surface area contributed by atoms with Gasteiger partial charge in [-0.1, -0.05) is 5.16 Å². The van der Waals surface area contributed by atoms with Gasteiger partial charge in [0, 0.05) is 18.0 Å². The van der Waals surface area contributed by atoms with Gasteiger partial charge in [0.15, 0.2) is 0 Å². The van der Waals surface area contributed by atoms with E-state index < -0.39 is 22.1 Å². The molecule has 130 valence electrons. The van der Waals surface area contributed by atoms with E-state index in [4.69, 9.17) is 0 Å². The number of hydrogen-bond donors (Lipinski definition) is 0. The lowest BCUT2D eigenvalue weighted by molar-refractivity contribution is -0.159. The molecule has 0 N–H and O–H groups in total. The van der Waals surface area contributed by atoms with Crippen molar-refractivity contribution < 1.29 is 26.1 Å². The number of hydrogen-bond acceptors (Lipinski definition) is 6. The molecule has 1 aliphatic heterocycles. The molecular weight excluding hydrogens is 367 g/mol. The molecule has 0 spiro atoms. The second kappa shape index (κ2) is 5.27. The molecule has 6 nitrogen and oxygen atoms in total. The van der Waals surface area contributed by atoms with E-state index in [0.717, 1.165) is 10.4 Å². The number of rotatable bonds is 3. The van der Waals surface area contributed by atoms with E-state index in [-0.39, 0.29) is 17.6 Å². The van der Waals surface area contributed by atoms with Crippen LogP contribution in [0.3, 0.4) is 0 Å². The van der Waals surface area contributed by atoms with Crippen LogP contribution in [-0.4, -0.2) is 34.7 Å². The van der Waals surface area contributed by atoms with Gasteiger partial charge in [0.25, 0.3) is 0 Å². The van der Waals surface area contributed by atoms with Crippen LogP contribution in [0.2, 0.25) is 0 Å². The van der Waals surface area contributed by atoms with Crippen LogP contribution >= 0.6 is 11.3 Å². The van der Waals surface area contributed by atoms with E-state index in [1.807, 2.05) is 0 Å². The highest BCUT2D eigenvalue weighted by Crippen LogP contribution is 2.38. The highest BCUT2D eigenvalue weighted by molar-refractivity contribution is 7.90. The summed E-state index contributed by atoms with van der Waals surface area (Å²) in [7, 11) is -3.26. The van der Waals surface area contributed by atoms with E-state index in [0.29, 0.717) is 30.7 Å². The molecule has 3 heterocycles. The van der Waals surface area contributed by atoms with Gasteiger partial charge >= 0.3 is 12.1 Å². The highest BCUT2D eigenvalue weighted by atomic mass is 32.2. The third-order valence-electron chi connectivity index (χ3n) is 4.04. The fourth-order valence-electron chi connectivity index (χ4n) is 2.64. The Morgan fingerprint density at radius 3 is 2.71 bits per heavy atom. The first-order valence-corrected chi connectivity index (χ1v) is 9.59. The van der Waals surface area contributed by atoms with Crippen LogP contribution in [0.25, 0.3) is 10.7 Å². The fourth-order valence-corrected chi connectivity index (χ4v) is 5.68. The van der Waals surface area contributed by atoms with Crippen molar-refractivity contribution in [2.24, 2.45) is 0 Å². The molecule has 4 rings (SSSR count). The Labute approximate surface area is 139 Å². The minimum atomic E-state index is -4.68. The average Bonchev–Trinajstić information content (AvgIpc) is 3.10. The summed E-state index contributed by atoms with van der Waals surface area (Å²) in [5.74, 6) is -1.51. The van der Waals surface area contributed by atoms with Crippen LogP contribution in [-0.2, 0) is 29.2 Å². The molecule has 0 saturated heterocycles. The van der Waals surface area contributed by atoms with Gasteiger partial charge in [-0.2, -0.15) is 22.5 Å². The van der Waals surface area contributed by atoms with Crippen molar-refractivity contribution in [3.8, 4) is 10.7 Å². The molecular formula is C13H12F3N3O3S2. The Kier molecular flexibility index (Phi) is 3.52. The Bertz CT molecular complexity index is 884. The predicted molar refractivity (Wildman–Crippen MR) is 78.7 cm³/mol. The Balaban J connectivity index is 1.60. The third-order valence-corrected chi connectivity index (χ3v) is 7.54. The first-order chi connectivity index (χ1) is 11.2. The van der Waals surface area contributed by atoms with Crippen molar-refractivity contribution in [1.29, 1.82) is 0 Å². The monoisotopic (exact) mass is 379 g/mol. The van der Waals surface area contributed by atoms with Gasteiger partial charge in [0.05, 0.1) is 10.1 Å². The van der Waals surface area contributed by atoms with Crippen molar-refractivity contribution in [3.63, 3.8) is 0 Å². The second-order valence-electron chi connectivity index (χ2n) is 5.81. The molecule has 1 aliphatic carbocycles. The largest absolute Gasteiger partial charge is 0.471 e. The zero-order valence-electron chi connectivity index (χ0n) is 12.2. The van der Waals surface area contributed by atoms with Gasteiger partial charge in [-0.25, -0.2) is 8.42 Å². The third kappa shape index (κ3) is 2.74.